The summed E-state index contributed by atoms with van der Waals surface area (Å²) in [5, 5.41) is 0. The van der Waals surface area contributed by atoms with Crippen LogP contribution >= 0.6 is 15.9 Å². The van der Waals surface area contributed by atoms with Crippen LogP contribution in [0.5, 0.6) is 0 Å². The number of hydrogen-bond donors (Lipinski definition) is 0. The summed E-state index contributed by atoms with van der Waals surface area (Å²) in [6.07, 6.45) is -0.166. The highest BCUT2D eigenvalue weighted by Gasteiger charge is 2.53. The lowest BCUT2D eigenvalue weighted by molar-refractivity contribution is -0.287. The van der Waals surface area contributed by atoms with Gasteiger partial charge in [-0.3, -0.25) is 9.59 Å². The Balaban J connectivity index is 3.37. The molecule has 1 aliphatic heterocycles. The van der Waals surface area contributed by atoms with Gasteiger partial charge in [-0.1, -0.05) is 64.1 Å². The zero-order valence-corrected chi connectivity index (χ0v) is 21.4. The van der Waals surface area contributed by atoms with E-state index in [4.69, 9.17) is 18.9 Å². The number of carbonyl (C=O) groups excluding carboxylic acids is 2. The summed E-state index contributed by atoms with van der Waals surface area (Å²) in [4.78, 5) is 26.1. The van der Waals surface area contributed by atoms with Crippen LogP contribution in [0.25, 0.3) is 0 Å². The average Bonchev–Trinajstić information content (AvgIpc) is 2.59. The van der Waals surface area contributed by atoms with Crippen LogP contribution in [-0.4, -0.2) is 43.7 Å². The van der Waals surface area contributed by atoms with Crippen molar-refractivity contribution in [2.45, 2.75) is 93.2 Å². The molecule has 0 aromatic heterocycles. The van der Waals surface area contributed by atoms with Gasteiger partial charge in [0.2, 0.25) is 0 Å². The van der Waals surface area contributed by atoms with Gasteiger partial charge < -0.3 is 18.9 Å². The van der Waals surface area contributed by atoms with Gasteiger partial charge in [0.1, 0.15) is 0 Å². The molecule has 0 aliphatic carbocycles. The van der Waals surface area contributed by atoms with Crippen LogP contribution in [0.1, 0.15) is 74.7 Å². The SMILES string of the molecule is C=C(Br)CC(CC1O[C@@H](C(C)(C)C)C[C@H](C(C)(C)C)O1)(C(=O)OCC)C(=O)OCC. The van der Waals surface area contributed by atoms with Crippen molar-refractivity contribution in [3.05, 3.63) is 11.1 Å². The minimum atomic E-state index is -1.60. The van der Waals surface area contributed by atoms with Crippen molar-refractivity contribution < 1.29 is 28.5 Å². The monoisotopic (exact) mass is 490 g/mol. The molecule has 174 valence electrons. The molecule has 0 unspecified atom stereocenters. The van der Waals surface area contributed by atoms with Gasteiger partial charge >= 0.3 is 11.9 Å². The topological polar surface area (TPSA) is 71.1 Å². The summed E-state index contributed by atoms with van der Waals surface area (Å²) in [5.41, 5.74) is -1.85. The van der Waals surface area contributed by atoms with Gasteiger partial charge in [0.25, 0.3) is 0 Å². The fourth-order valence-corrected chi connectivity index (χ4v) is 4.01. The van der Waals surface area contributed by atoms with E-state index in [2.05, 4.69) is 64.1 Å². The molecule has 1 rings (SSSR count). The van der Waals surface area contributed by atoms with Crippen molar-refractivity contribution in [2.75, 3.05) is 13.2 Å². The number of allylic oxidation sites excluding steroid dienone is 1. The highest BCUT2D eigenvalue weighted by atomic mass is 79.9. The van der Waals surface area contributed by atoms with Crippen LogP contribution in [-0.2, 0) is 28.5 Å². The lowest BCUT2D eigenvalue weighted by atomic mass is 9.77. The third-order valence-electron chi connectivity index (χ3n) is 5.33. The van der Waals surface area contributed by atoms with Crippen molar-refractivity contribution in [3.63, 3.8) is 0 Å². The number of carbonyl (C=O) groups is 2. The summed E-state index contributed by atoms with van der Waals surface area (Å²) in [6.45, 7) is 20.2. The Kier molecular flexibility index (Phi) is 9.58. The first-order valence-electron chi connectivity index (χ1n) is 10.7. The molecule has 0 saturated carbocycles. The Labute approximate surface area is 190 Å². The molecule has 0 aromatic carbocycles. The van der Waals surface area contributed by atoms with Crippen LogP contribution < -0.4 is 0 Å². The third-order valence-corrected chi connectivity index (χ3v) is 5.61. The first-order valence-corrected chi connectivity index (χ1v) is 11.4. The summed E-state index contributed by atoms with van der Waals surface area (Å²) >= 11 is 3.31. The fraction of sp³-hybridized carbons (Fsp3) is 0.826. The molecule has 1 fully saturated rings. The van der Waals surface area contributed by atoms with Crippen LogP contribution in [0.15, 0.2) is 11.1 Å². The highest BCUT2D eigenvalue weighted by Crippen LogP contribution is 2.43. The molecule has 6 nitrogen and oxygen atoms in total. The number of ether oxygens (including phenoxy) is 4. The number of esters is 2. The van der Waals surface area contributed by atoms with Gasteiger partial charge in [-0.15, -0.1) is 0 Å². The normalized spacial score (nSPS) is 23.0. The Morgan fingerprint density at radius 1 is 0.933 bits per heavy atom. The molecule has 30 heavy (non-hydrogen) atoms. The van der Waals surface area contributed by atoms with E-state index >= 15 is 0 Å². The molecule has 0 radical (unpaired) electrons. The summed E-state index contributed by atoms with van der Waals surface area (Å²) < 4.78 is 23.7. The van der Waals surface area contributed by atoms with E-state index in [-0.39, 0.29) is 49.1 Å². The lowest BCUT2D eigenvalue weighted by Gasteiger charge is -2.47. The summed E-state index contributed by atoms with van der Waals surface area (Å²) in [5.74, 6) is -1.30. The second-order valence-electron chi connectivity index (χ2n) is 10.1. The van der Waals surface area contributed by atoms with Gasteiger partial charge in [0.05, 0.1) is 25.4 Å². The van der Waals surface area contributed by atoms with Crippen LogP contribution in [0.2, 0.25) is 0 Å². The maximum absolute atomic E-state index is 13.1. The van der Waals surface area contributed by atoms with E-state index in [1.165, 1.54) is 0 Å². The predicted molar refractivity (Wildman–Crippen MR) is 120 cm³/mol. The number of rotatable bonds is 8. The third kappa shape index (κ3) is 7.06. The Morgan fingerprint density at radius 2 is 1.33 bits per heavy atom. The predicted octanol–water partition coefficient (Wildman–Crippen LogP) is 5.38. The Hall–Kier alpha value is -0.920. The quantitative estimate of drug-likeness (QED) is 0.335. The molecule has 1 aliphatic rings. The maximum Gasteiger partial charge on any atom is 0.324 e. The molecule has 2 atom stereocenters. The standard InChI is InChI=1S/C23H39BrO6/c1-10-27-19(25)23(13-15(3)24,20(26)28-11-2)14-18-29-16(21(4,5)6)12-17(30-18)22(7,8)9/h16-18H,3,10-14H2,1-2,4-9H3/t16-,17-/m1/s1. The van der Waals surface area contributed by atoms with Gasteiger partial charge in [0.15, 0.2) is 11.7 Å². The second kappa shape index (κ2) is 10.6. The van der Waals surface area contributed by atoms with Crippen molar-refractivity contribution in [1.82, 2.24) is 0 Å². The van der Waals surface area contributed by atoms with Crippen LogP contribution in [0, 0.1) is 16.2 Å². The number of hydrogen-bond acceptors (Lipinski definition) is 6. The maximum atomic E-state index is 13.1. The Bertz CT molecular complexity index is 576. The molecular formula is C23H39BrO6. The van der Waals surface area contributed by atoms with E-state index < -0.39 is 23.6 Å². The molecule has 0 aromatic rings. The second-order valence-corrected chi connectivity index (χ2v) is 11.2. The highest BCUT2D eigenvalue weighted by molar-refractivity contribution is 9.11. The summed E-state index contributed by atoms with van der Waals surface area (Å²) in [6, 6.07) is 0. The molecular weight excluding hydrogens is 452 g/mol. The smallest absolute Gasteiger partial charge is 0.324 e. The Morgan fingerprint density at radius 3 is 1.63 bits per heavy atom. The molecule has 0 amide bonds. The number of halogens is 1. The molecule has 0 N–H and O–H groups in total. The van der Waals surface area contributed by atoms with E-state index in [9.17, 15) is 9.59 Å². The van der Waals surface area contributed by atoms with Crippen molar-refractivity contribution in [3.8, 4) is 0 Å². The molecule has 1 saturated heterocycles. The average molecular weight is 491 g/mol. The largest absolute Gasteiger partial charge is 0.465 e. The van der Waals surface area contributed by atoms with Gasteiger partial charge in [-0.2, -0.15) is 0 Å². The van der Waals surface area contributed by atoms with Gasteiger partial charge in [-0.25, -0.2) is 0 Å². The molecule has 0 spiro atoms. The van der Waals surface area contributed by atoms with E-state index in [0.29, 0.717) is 4.48 Å². The van der Waals surface area contributed by atoms with E-state index in [1.807, 2.05) is 0 Å². The van der Waals surface area contributed by atoms with Gasteiger partial charge in [-0.05, 0) is 29.2 Å². The van der Waals surface area contributed by atoms with E-state index in [0.717, 1.165) is 6.42 Å². The molecule has 7 heteroatoms. The lowest BCUT2D eigenvalue weighted by Crippen LogP contribution is -2.52. The van der Waals surface area contributed by atoms with Crippen molar-refractivity contribution in [1.29, 1.82) is 0 Å². The zero-order valence-electron chi connectivity index (χ0n) is 19.8. The molecule has 0 bridgehead atoms. The van der Waals surface area contributed by atoms with Crippen molar-refractivity contribution >= 4 is 27.9 Å². The minimum absolute atomic E-state index is 0.00551. The van der Waals surface area contributed by atoms with Gasteiger partial charge in [0, 0.05) is 19.3 Å². The van der Waals surface area contributed by atoms with Crippen LogP contribution in [0.3, 0.4) is 0 Å². The fourth-order valence-electron chi connectivity index (χ4n) is 3.53. The summed E-state index contributed by atoms with van der Waals surface area (Å²) in [7, 11) is 0. The van der Waals surface area contributed by atoms with Crippen molar-refractivity contribution in [2.24, 2.45) is 16.2 Å². The molecule has 1 heterocycles. The first kappa shape index (κ1) is 27.1. The zero-order chi connectivity index (χ0) is 23.3. The van der Waals surface area contributed by atoms with Crippen LogP contribution in [0.4, 0.5) is 0 Å². The first-order chi connectivity index (χ1) is 13.7. The minimum Gasteiger partial charge on any atom is -0.465 e. The van der Waals surface area contributed by atoms with E-state index in [1.54, 1.807) is 13.8 Å².